The summed E-state index contributed by atoms with van der Waals surface area (Å²) in [6, 6.07) is 9.68. The number of carbonyl (C=O) groups excluding carboxylic acids is 1. The van der Waals surface area contributed by atoms with Gasteiger partial charge >= 0.3 is 0 Å². The molecule has 3 unspecified atom stereocenters. The number of hydrogen-bond donors (Lipinski definition) is 4. The molecule has 0 spiro atoms. The number of thiophene rings is 1. The van der Waals surface area contributed by atoms with Gasteiger partial charge in [-0.15, -0.1) is 11.3 Å². The first-order valence-corrected chi connectivity index (χ1v) is 9.88. The Kier molecular flexibility index (Phi) is 5.04. The smallest absolute Gasteiger partial charge is 0.239 e. The molecular formula is C19H24N4O2S. The van der Waals surface area contributed by atoms with E-state index in [-0.39, 0.29) is 36.1 Å². The maximum Gasteiger partial charge on any atom is 0.239 e. The Morgan fingerprint density at radius 2 is 2.12 bits per heavy atom. The average molecular weight is 372 g/mol. The monoisotopic (exact) mass is 372 g/mol. The van der Waals surface area contributed by atoms with Crippen LogP contribution in [0.5, 0.6) is 0 Å². The van der Waals surface area contributed by atoms with Gasteiger partial charge in [-0.1, -0.05) is 6.07 Å². The zero-order chi connectivity index (χ0) is 18.1. The molecule has 4 N–H and O–H groups in total. The van der Waals surface area contributed by atoms with Crippen LogP contribution < -0.4 is 16.2 Å². The van der Waals surface area contributed by atoms with Crippen molar-refractivity contribution in [3.8, 4) is 0 Å². The van der Waals surface area contributed by atoms with Crippen LogP contribution in [-0.4, -0.2) is 28.1 Å². The fourth-order valence-corrected chi connectivity index (χ4v) is 4.65. The molecular weight excluding hydrogens is 348 g/mol. The minimum Gasteiger partial charge on any atom is -0.393 e. The molecule has 1 aliphatic heterocycles. The first-order chi connectivity index (χ1) is 12.6. The van der Waals surface area contributed by atoms with Gasteiger partial charge in [0.2, 0.25) is 5.91 Å². The fourth-order valence-electron chi connectivity index (χ4n) is 3.70. The number of aliphatic hydroxyl groups excluding tert-OH is 1. The van der Waals surface area contributed by atoms with Crippen LogP contribution in [0.1, 0.15) is 46.8 Å². The number of carbonyl (C=O) groups is 1. The predicted molar refractivity (Wildman–Crippen MR) is 100 cm³/mol. The topological polar surface area (TPSA) is 86.3 Å². The van der Waals surface area contributed by atoms with Gasteiger partial charge in [0.05, 0.1) is 23.9 Å². The largest absolute Gasteiger partial charge is 0.393 e. The maximum atomic E-state index is 12.8. The molecule has 2 fully saturated rings. The summed E-state index contributed by atoms with van der Waals surface area (Å²) in [4.78, 5) is 19.8. The molecule has 4 rings (SSSR count). The Hall–Kier alpha value is -1.80. The number of amides is 1. The quantitative estimate of drug-likeness (QED) is 0.645. The molecule has 138 valence electrons. The van der Waals surface area contributed by atoms with E-state index in [2.05, 4.69) is 40.2 Å². The van der Waals surface area contributed by atoms with Crippen LogP contribution in [0, 0.1) is 12.8 Å². The van der Waals surface area contributed by atoms with E-state index in [0.29, 0.717) is 19.3 Å². The second kappa shape index (κ2) is 7.44. The van der Waals surface area contributed by atoms with Crippen LogP contribution >= 0.6 is 11.3 Å². The van der Waals surface area contributed by atoms with Crippen LogP contribution in [0.25, 0.3) is 0 Å². The summed E-state index contributed by atoms with van der Waals surface area (Å²) in [5.41, 5.74) is 7.22. The van der Waals surface area contributed by atoms with Crippen LogP contribution in [0.15, 0.2) is 36.5 Å². The van der Waals surface area contributed by atoms with E-state index in [9.17, 15) is 9.90 Å². The number of nitrogens with one attached hydrogen (secondary N) is 3. The Labute approximate surface area is 157 Å². The van der Waals surface area contributed by atoms with Crippen molar-refractivity contribution in [1.82, 2.24) is 21.2 Å². The van der Waals surface area contributed by atoms with Crippen LogP contribution in [0.3, 0.4) is 0 Å². The number of aryl methyl sites for hydroxylation is 1. The summed E-state index contributed by atoms with van der Waals surface area (Å²) < 4.78 is 0. The molecule has 0 aromatic carbocycles. The van der Waals surface area contributed by atoms with Gasteiger partial charge < -0.3 is 10.4 Å². The van der Waals surface area contributed by atoms with Gasteiger partial charge in [0.25, 0.3) is 0 Å². The lowest BCUT2D eigenvalue weighted by molar-refractivity contribution is -0.124. The molecule has 1 saturated heterocycles. The van der Waals surface area contributed by atoms with E-state index in [1.165, 1.54) is 9.75 Å². The lowest BCUT2D eigenvalue weighted by Gasteiger charge is -2.38. The average Bonchev–Trinajstić information content (AvgIpc) is 3.27. The lowest BCUT2D eigenvalue weighted by Crippen LogP contribution is -2.48. The van der Waals surface area contributed by atoms with Crippen LogP contribution in [0.2, 0.25) is 0 Å². The standard InChI is InChI=1S/C19H24N4O2S/c1-11-5-6-17(26-11)15-10-16(23-22-15)19(25)21-18(12-8-13(24)9-12)14-4-2-3-7-20-14/h2-7,12-13,15-16,18,22-24H,8-10H2,1H3,(H,21,25). The second-order valence-corrected chi connectivity index (χ2v) is 8.52. The van der Waals surface area contributed by atoms with Gasteiger partial charge in [0.1, 0.15) is 6.04 Å². The van der Waals surface area contributed by atoms with Crippen LogP contribution in [-0.2, 0) is 4.79 Å². The van der Waals surface area contributed by atoms with E-state index in [1.807, 2.05) is 18.2 Å². The predicted octanol–water partition coefficient (Wildman–Crippen LogP) is 1.99. The first kappa shape index (κ1) is 17.6. The third-order valence-corrected chi connectivity index (χ3v) is 6.36. The number of aromatic nitrogens is 1. The van der Waals surface area contributed by atoms with Gasteiger partial charge in [0.15, 0.2) is 0 Å². The zero-order valence-corrected chi connectivity index (χ0v) is 15.5. The summed E-state index contributed by atoms with van der Waals surface area (Å²) in [6.45, 7) is 2.09. The third-order valence-electron chi connectivity index (χ3n) is 5.25. The zero-order valence-electron chi connectivity index (χ0n) is 14.7. The first-order valence-electron chi connectivity index (χ1n) is 9.07. The molecule has 1 aliphatic carbocycles. The van der Waals surface area contributed by atoms with Crippen molar-refractivity contribution < 1.29 is 9.90 Å². The highest BCUT2D eigenvalue weighted by molar-refractivity contribution is 7.12. The highest BCUT2D eigenvalue weighted by atomic mass is 32.1. The number of nitrogens with zero attached hydrogens (tertiary/aromatic N) is 1. The highest BCUT2D eigenvalue weighted by Gasteiger charge is 2.38. The Bertz CT molecular complexity index is 760. The SMILES string of the molecule is Cc1ccc(C2CC(C(=O)NC(c3ccccn3)C3CC(O)C3)NN2)s1. The third kappa shape index (κ3) is 3.66. The number of aliphatic hydroxyl groups is 1. The molecule has 3 atom stereocenters. The molecule has 2 aromatic rings. The Morgan fingerprint density at radius 3 is 2.77 bits per heavy atom. The molecule has 1 saturated carbocycles. The number of rotatable bonds is 5. The van der Waals surface area contributed by atoms with Crippen molar-refractivity contribution in [2.75, 3.05) is 0 Å². The van der Waals surface area contributed by atoms with E-state index in [1.54, 1.807) is 17.5 Å². The molecule has 0 radical (unpaired) electrons. The number of hydrogen-bond acceptors (Lipinski definition) is 6. The Morgan fingerprint density at radius 1 is 1.27 bits per heavy atom. The molecule has 3 heterocycles. The van der Waals surface area contributed by atoms with Crippen molar-refractivity contribution in [1.29, 1.82) is 0 Å². The van der Waals surface area contributed by atoms with Gasteiger partial charge in [-0.3, -0.25) is 9.78 Å². The van der Waals surface area contributed by atoms with Gasteiger partial charge in [-0.2, -0.15) is 0 Å². The fraction of sp³-hybridized carbons (Fsp3) is 0.474. The summed E-state index contributed by atoms with van der Waals surface area (Å²) in [5.74, 6) is 0.208. The molecule has 1 amide bonds. The number of hydrazine groups is 1. The van der Waals surface area contributed by atoms with Crippen molar-refractivity contribution in [2.45, 2.75) is 50.4 Å². The van der Waals surface area contributed by atoms with Crippen molar-refractivity contribution in [2.24, 2.45) is 5.92 Å². The Balaban J connectivity index is 1.42. The van der Waals surface area contributed by atoms with Crippen LogP contribution in [0.4, 0.5) is 0 Å². The summed E-state index contributed by atoms with van der Waals surface area (Å²) in [7, 11) is 0. The van der Waals surface area contributed by atoms with Gasteiger partial charge in [0, 0.05) is 16.0 Å². The van der Waals surface area contributed by atoms with Gasteiger partial charge in [-0.25, -0.2) is 10.9 Å². The molecule has 26 heavy (non-hydrogen) atoms. The molecule has 6 nitrogen and oxygen atoms in total. The van der Waals surface area contributed by atoms with Crippen molar-refractivity contribution >= 4 is 17.2 Å². The minimum atomic E-state index is -0.279. The minimum absolute atomic E-state index is 0.0229. The number of pyridine rings is 1. The molecule has 2 aliphatic rings. The summed E-state index contributed by atoms with van der Waals surface area (Å²) >= 11 is 1.76. The lowest BCUT2D eigenvalue weighted by atomic mass is 9.76. The normalized spacial score (nSPS) is 29.2. The molecule has 0 bridgehead atoms. The van der Waals surface area contributed by atoms with Crippen molar-refractivity contribution in [3.63, 3.8) is 0 Å². The summed E-state index contributed by atoms with van der Waals surface area (Å²) in [5, 5.41) is 12.8. The molecule has 2 aromatic heterocycles. The molecule has 7 heteroatoms. The second-order valence-electron chi connectivity index (χ2n) is 7.20. The maximum absolute atomic E-state index is 12.8. The van der Waals surface area contributed by atoms with E-state index in [0.717, 1.165) is 5.69 Å². The van der Waals surface area contributed by atoms with Crippen molar-refractivity contribution in [3.05, 3.63) is 52.0 Å². The van der Waals surface area contributed by atoms with E-state index in [4.69, 9.17) is 0 Å². The summed E-state index contributed by atoms with van der Waals surface area (Å²) in [6.07, 6.45) is 3.60. The highest BCUT2D eigenvalue weighted by Crippen LogP contribution is 2.37. The van der Waals surface area contributed by atoms with E-state index < -0.39 is 0 Å². The van der Waals surface area contributed by atoms with E-state index >= 15 is 0 Å². The van der Waals surface area contributed by atoms with Gasteiger partial charge in [-0.05, 0) is 56.4 Å².